The van der Waals surface area contributed by atoms with Crippen molar-refractivity contribution in [1.82, 2.24) is 47.2 Å². The van der Waals surface area contributed by atoms with E-state index in [9.17, 15) is 53.7 Å². The molecule has 3 aromatic carbocycles. The molecular weight excluding hydrogens is 1100 g/mol. The van der Waals surface area contributed by atoms with Crippen molar-refractivity contribution >= 4 is 81.0 Å². The summed E-state index contributed by atoms with van der Waals surface area (Å²) >= 11 is 0. The van der Waals surface area contributed by atoms with Crippen molar-refractivity contribution in [3.8, 4) is 5.75 Å². The van der Waals surface area contributed by atoms with Gasteiger partial charge in [-0.25, -0.2) is 4.79 Å². The van der Waals surface area contributed by atoms with Gasteiger partial charge in [0.1, 0.15) is 48.0 Å². The molecule has 0 bridgehead atoms. The summed E-state index contributed by atoms with van der Waals surface area (Å²) in [6.07, 6.45) is 4.20. The highest BCUT2D eigenvalue weighted by Crippen LogP contribution is 2.21. The molecule has 0 saturated heterocycles. The van der Waals surface area contributed by atoms with E-state index < -0.39 is 108 Å². The number of aromatic amines is 2. The first-order valence-electron chi connectivity index (χ1n) is 28.0. The number of unbranched alkanes of at least 4 members (excludes halogenated alkanes) is 1. The third-order valence-electron chi connectivity index (χ3n) is 14.0. The van der Waals surface area contributed by atoms with Crippen LogP contribution >= 0.6 is 0 Å². The fourth-order valence-corrected chi connectivity index (χ4v) is 9.35. The number of amides is 7. The summed E-state index contributed by atoms with van der Waals surface area (Å²) < 4.78 is 0. The first kappa shape index (κ1) is 66.5. The molecule has 0 spiro atoms. The highest BCUT2D eigenvalue weighted by atomic mass is 16.4. The van der Waals surface area contributed by atoms with Crippen molar-refractivity contribution in [3.63, 3.8) is 0 Å². The van der Waals surface area contributed by atoms with E-state index in [2.05, 4.69) is 57.2 Å². The van der Waals surface area contributed by atoms with Gasteiger partial charge in [0.25, 0.3) is 0 Å². The second-order valence-corrected chi connectivity index (χ2v) is 20.9. The summed E-state index contributed by atoms with van der Waals surface area (Å²) in [6, 6.07) is 9.22. The van der Waals surface area contributed by atoms with Crippen molar-refractivity contribution in [2.24, 2.45) is 50.3 Å². The van der Waals surface area contributed by atoms with Crippen molar-refractivity contribution < 1.29 is 53.7 Å². The van der Waals surface area contributed by atoms with Gasteiger partial charge < -0.3 is 96.9 Å². The number of benzene rings is 3. The number of aliphatic hydroxyl groups is 1. The summed E-state index contributed by atoms with van der Waals surface area (Å²) in [5.74, 6) is -8.63. The normalized spacial score (nSPS) is 14.0. The number of hydrogen-bond donors (Lipinski definition) is 18. The van der Waals surface area contributed by atoms with E-state index in [-0.39, 0.29) is 82.1 Å². The van der Waals surface area contributed by atoms with E-state index in [0.29, 0.717) is 30.5 Å². The minimum Gasteiger partial charge on any atom is -0.508 e. The molecule has 0 radical (unpaired) electrons. The number of carboxylic acid groups (broad SMARTS) is 1. The Morgan fingerprint density at radius 2 is 0.953 bits per heavy atom. The molecule has 8 atom stereocenters. The van der Waals surface area contributed by atoms with Crippen molar-refractivity contribution in [3.05, 3.63) is 102 Å². The van der Waals surface area contributed by atoms with Gasteiger partial charge in [0.15, 0.2) is 11.9 Å². The van der Waals surface area contributed by atoms with Crippen LogP contribution in [0.25, 0.3) is 21.8 Å². The van der Waals surface area contributed by atoms with Crippen LogP contribution < -0.4 is 71.6 Å². The van der Waals surface area contributed by atoms with Crippen LogP contribution in [0.4, 0.5) is 0 Å². The number of aromatic hydroxyl groups is 1. The second kappa shape index (κ2) is 33.1. The van der Waals surface area contributed by atoms with Crippen LogP contribution in [-0.2, 0) is 57.6 Å². The van der Waals surface area contributed by atoms with Crippen LogP contribution in [0.1, 0.15) is 75.5 Å². The quantitative estimate of drug-likeness (QED) is 0.0119. The molecule has 0 aliphatic heterocycles. The Balaban J connectivity index is 1.34. The summed E-state index contributed by atoms with van der Waals surface area (Å²) in [4.78, 5) is 126. The smallest absolute Gasteiger partial charge is 0.326 e. The van der Waals surface area contributed by atoms with Crippen LogP contribution in [0, 0.1) is 5.92 Å². The maximum Gasteiger partial charge on any atom is 0.326 e. The highest BCUT2D eigenvalue weighted by molar-refractivity contribution is 5.98. The molecule has 5 rings (SSSR count). The number of aromatic nitrogens is 2. The number of fused-ring (bicyclic) bond motifs is 2. The number of aliphatic imine (C=N–C) groups is 2. The SMILES string of the molecule is CC(C)[C@H](NC(=O)[C@H](Cc1ccc(O)cc1)NC(=O)[C@H](CO)NC(=O)[C@H](CCCCN)NC(=O)[C@@H](N)Cc1c[nH]c2ccccc12)C(=O)N[C@@H](CCCN=C(N)N)C(=O)N[C@@H](CCCN=C(N)N)C(=O)N[C@@H](Cc1c[nH]c2ccccc12)C(=O)O. The molecule has 0 saturated carbocycles. The number of aliphatic hydroxyl groups excluding tert-OH is 1. The molecule has 85 heavy (non-hydrogen) atoms. The van der Waals surface area contributed by atoms with Gasteiger partial charge in [-0.2, -0.15) is 0 Å². The number of carboxylic acids is 1. The molecule has 28 nitrogen and oxygen atoms in total. The molecule has 0 aliphatic rings. The molecule has 2 aromatic heterocycles. The summed E-state index contributed by atoms with van der Waals surface area (Å²) in [5, 5.41) is 50.7. The molecule has 0 fully saturated rings. The number of H-pyrrole nitrogens is 2. The molecule has 7 amide bonds. The maximum atomic E-state index is 14.5. The molecule has 0 aliphatic carbocycles. The number of carbonyl (C=O) groups excluding carboxylic acids is 7. The molecule has 460 valence electrons. The molecule has 24 N–H and O–H groups in total. The lowest BCUT2D eigenvalue weighted by Crippen LogP contribution is -2.61. The zero-order chi connectivity index (χ0) is 62.2. The molecular formula is C57H81N17O11. The molecule has 0 unspecified atom stereocenters. The second-order valence-electron chi connectivity index (χ2n) is 20.9. The number of nitrogens with zero attached hydrogens (tertiary/aromatic N) is 2. The minimum atomic E-state index is -1.68. The van der Waals surface area contributed by atoms with Gasteiger partial charge in [0.05, 0.1) is 12.6 Å². The number of phenols is 1. The van der Waals surface area contributed by atoms with E-state index in [4.69, 9.17) is 34.4 Å². The van der Waals surface area contributed by atoms with Gasteiger partial charge in [0, 0.05) is 60.1 Å². The summed E-state index contributed by atoms with van der Waals surface area (Å²) in [5.41, 5.74) is 37.7. The minimum absolute atomic E-state index is 0.0149. The highest BCUT2D eigenvalue weighted by Gasteiger charge is 2.36. The van der Waals surface area contributed by atoms with Crippen molar-refractivity contribution in [1.29, 1.82) is 0 Å². The third-order valence-corrected chi connectivity index (χ3v) is 14.0. The lowest BCUT2D eigenvalue weighted by atomic mass is 9.99. The number of rotatable bonds is 35. The molecule has 5 aromatic rings. The number of nitrogens with two attached hydrogens (primary N) is 6. The van der Waals surface area contributed by atoms with E-state index in [1.807, 2.05) is 36.4 Å². The summed E-state index contributed by atoms with van der Waals surface area (Å²) in [6.45, 7) is 2.60. The number of guanidine groups is 2. The Morgan fingerprint density at radius 3 is 1.45 bits per heavy atom. The number of hydrogen-bond acceptors (Lipinski definition) is 14. The van der Waals surface area contributed by atoms with Gasteiger partial charge in [0.2, 0.25) is 41.4 Å². The van der Waals surface area contributed by atoms with Crippen LogP contribution in [0.3, 0.4) is 0 Å². The Hall–Kier alpha value is -9.28. The lowest BCUT2D eigenvalue weighted by Gasteiger charge is -2.29. The Labute approximate surface area is 490 Å². The largest absolute Gasteiger partial charge is 0.508 e. The van der Waals surface area contributed by atoms with Gasteiger partial charge in [-0.05, 0) is 105 Å². The first-order valence-corrected chi connectivity index (χ1v) is 28.0. The average molecular weight is 1180 g/mol. The zero-order valence-electron chi connectivity index (χ0n) is 47.6. The first-order chi connectivity index (χ1) is 40.6. The number of para-hydroxylation sites is 2. The van der Waals surface area contributed by atoms with Gasteiger partial charge in [-0.1, -0.05) is 62.4 Å². The fraction of sp³-hybridized carbons (Fsp3) is 0.439. The van der Waals surface area contributed by atoms with Gasteiger partial charge >= 0.3 is 5.97 Å². The van der Waals surface area contributed by atoms with Gasteiger partial charge in [-0.15, -0.1) is 0 Å². The molecule has 2 heterocycles. The van der Waals surface area contributed by atoms with Crippen LogP contribution in [0.15, 0.2) is 95.2 Å². The third kappa shape index (κ3) is 20.8. The Bertz CT molecular complexity index is 3120. The monoisotopic (exact) mass is 1180 g/mol. The maximum absolute atomic E-state index is 14.5. The van der Waals surface area contributed by atoms with Crippen LogP contribution in [-0.4, -0.2) is 159 Å². The standard InChI is InChI=1S/C57H81N17O11/c1-31(2)47(54(83)70-43(17-10-24-65-57(62)63)49(78)69-42(16-9-23-64-56(60)61)50(79)72-45(55(84)85)27-34-29-67-40-14-6-4-12-37(34)40)74-52(81)44(25-32-18-20-35(76)21-19-32)71-53(82)46(30-75)73-51(80)41(15-7-8-22-58)68-48(77)38(59)26-33-28-66-39-13-5-3-11-36(33)39/h3-6,11-14,18-21,28-29,31,38,41-47,66-67,75-76H,7-10,15-17,22-27,30,58-59H2,1-2H3,(H,68,77)(H,69,78)(H,70,83)(H,71,82)(H,72,79)(H,73,80)(H,74,81)(H,84,85)(H4,60,61,64)(H4,62,63,65)/t38-,41-,42-,43-,44-,45-,46-,47-/m0/s1. The van der Waals surface area contributed by atoms with Crippen LogP contribution in [0.2, 0.25) is 0 Å². The van der Waals surface area contributed by atoms with E-state index in [1.165, 1.54) is 24.3 Å². The number of nitrogens with one attached hydrogen (secondary N) is 9. The zero-order valence-corrected chi connectivity index (χ0v) is 47.6. The summed E-state index contributed by atoms with van der Waals surface area (Å²) in [7, 11) is 0. The topological polar surface area (TPSA) is 494 Å². The fourth-order valence-electron chi connectivity index (χ4n) is 9.35. The van der Waals surface area contributed by atoms with E-state index in [1.54, 1.807) is 38.4 Å². The Morgan fingerprint density at radius 1 is 0.518 bits per heavy atom. The van der Waals surface area contributed by atoms with E-state index >= 15 is 0 Å². The van der Waals surface area contributed by atoms with Gasteiger partial charge in [-0.3, -0.25) is 43.5 Å². The van der Waals surface area contributed by atoms with E-state index in [0.717, 1.165) is 27.4 Å². The predicted octanol–water partition coefficient (Wildman–Crippen LogP) is -1.93. The van der Waals surface area contributed by atoms with Crippen molar-refractivity contribution in [2.75, 3.05) is 26.2 Å². The lowest BCUT2D eigenvalue weighted by molar-refractivity contribution is -0.142. The average Bonchev–Trinajstić information content (AvgIpc) is 4.34. The number of phenolic OH excluding ortho intramolecular Hbond substituents is 1. The molecule has 28 heteroatoms. The number of aliphatic carboxylic acids is 1. The van der Waals surface area contributed by atoms with Crippen molar-refractivity contribution in [2.45, 2.75) is 126 Å². The Kier molecular flexibility index (Phi) is 25.9. The number of carbonyl (C=O) groups is 8. The van der Waals surface area contributed by atoms with Crippen LogP contribution in [0.5, 0.6) is 5.75 Å². The predicted molar refractivity (Wildman–Crippen MR) is 320 cm³/mol.